The van der Waals surface area contributed by atoms with E-state index in [0.29, 0.717) is 22.9 Å². The van der Waals surface area contributed by atoms with E-state index >= 15 is 0 Å². The molecule has 0 heterocycles. The molecule has 0 bridgehead atoms. The molecule has 0 aromatic heterocycles. The Labute approximate surface area is 254 Å². The van der Waals surface area contributed by atoms with Crippen LogP contribution in [0.3, 0.4) is 0 Å². The van der Waals surface area contributed by atoms with Gasteiger partial charge in [-0.3, -0.25) is 13.9 Å². The zero-order valence-electron chi connectivity index (χ0n) is 24.6. The molecule has 2 amide bonds. The minimum Gasteiger partial charge on any atom is -0.497 e. The highest BCUT2D eigenvalue weighted by atomic mass is 35.5. The molecule has 0 aliphatic heterocycles. The fraction of sp³-hybridized carbons (Fsp3) is 0.375. The Morgan fingerprint density at radius 1 is 0.952 bits per heavy atom. The van der Waals surface area contributed by atoms with Gasteiger partial charge in [0, 0.05) is 37.0 Å². The van der Waals surface area contributed by atoms with Crippen LogP contribution in [-0.4, -0.2) is 57.1 Å². The molecule has 10 heteroatoms. The molecule has 0 saturated carbocycles. The van der Waals surface area contributed by atoms with Gasteiger partial charge in [0.15, 0.2) is 0 Å². The highest BCUT2D eigenvalue weighted by Gasteiger charge is 2.31. The Kier molecular flexibility index (Phi) is 12.2. The summed E-state index contributed by atoms with van der Waals surface area (Å²) in [4.78, 5) is 29.1. The maximum absolute atomic E-state index is 13.9. The third-order valence-electron chi connectivity index (χ3n) is 7.05. The Balaban J connectivity index is 1.87. The Hall–Kier alpha value is -3.56. The number of methoxy groups -OCH3 is 1. The molecule has 0 aliphatic carbocycles. The summed E-state index contributed by atoms with van der Waals surface area (Å²) in [7, 11) is -2.06. The van der Waals surface area contributed by atoms with Gasteiger partial charge in [-0.25, -0.2) is 8.42 Å². The molecular weight excluding hydrogens is 574 g/mol. The van der Waals surface area contributed by atoms with Crippen molar-refractivity contribution in [2.45, 2.75) is 58.2 Å². The van der Waals surface area contributed by atoms with Crippen LogP contribution < -0.4 is 14.4 Å². The molecule has 0 radical (unpaired) electrons. The molecule has 0 fully saturated rings. The number of ether oxygens (including phenoxy) is 1. The van der Waals surface area contributed by atoms with Crippen molar-refractivity contribution in [1.82, 2.24) is 10.2 Å². The SMILES string of the molecule is CC[C@H](C)NC(=O)[C@H](Cc1ccccc1)N(Cc1ccc(Cl)cc1)C(=O)CCCN(c1ccc(OC)cc1)S(C)(=O)=O. The predicted octanol–water partition coefficient (Wildman–Crippen LogP) is 5.45. The zero-order chi connectivity index (χ0) is 30.7. The number of nitrogens with zero attached hydrogens (tertiary/aromatic N) is 2. The third-order valence-corrected chi connectivity index (χ3v) is 8.50. The van der Waals surface area contributed by atoms with Crippen LogP contribution in [0.15, 0.2) is 78.9 Å². The van der Waals surface area contributed by atoms with Crippen LogP contribution in [0.5, 0.6) is 5.75 Å². The van der Waals surface area contributed by atoms with E-state index in [1.807, 2.05) is 56.3 Å². The van der Waals surface area contributed by atoms with Crippen LogP contribution in [0.2, 0.25) is 5.02 Å². The van der Waals surface area contributed by atoms with E-state index in [1.165, 1.54) is 4.31 Å². The second-order valence-electron chi connectivity index (χ2n) is 10.3. The van der Waals surface area contributed by atoms with Gasteiger partial charge >= 0.3 is 0 Å². The van der Waals surface area contributed by atoms with Crippen molar-refractivity contribution >= 4 is 39.1 Å². The van der Waals surface area contributed by atoms with Crippen molar-refractivity contribution < 1.29 is 22.7 Å². The fourth-order valence-electron chi connectivity index (χ4n) is 4.53. The van der Waals surface area contributed by atoms with Crippen LogP contribution in [0.25, 0.3) is 0 Å². The van der Waals surface area contributed by atoms with E-state index in [9.17, 15) is 18.0 Å². The molecule has 42 heavy (non-hydrogen) atoms. The summed E-state index contributed by atoms with van der Waals surface area (Å²) < 4.78 is 31.7. The first-order valence-corrected chi connectivity index (χ1v) is 16.2. The molecule has 2 atom stereocenters. The van der Waals surface area contributed by atoms with Gasteiger partial charge in [0.1, 0.15) is 11.8 Å². The van der Waals surface area contributed by atoms with Crippen molar-refractivity contribution in [1.29, 1.82) is 0 Å². The molecule has 3 rings (SSSR count). The predicted molar refractivity (Wildman–Crippen MR) is 168 cm³/mol. The second kappa shape index (κ2) is 15.6. The largest absolute Gasteiger partial charge is 0.497 e. The van der Waals surface area contributed by atoms with Crippen LogP contribution >= 0.6 is 11.6 Å². The molecule has 3 aromatic carbocycles. The summed E-state index contributed by atoms with van der Waals surface area (Å²) in [6, 6.07) is 22.7. The van der Waals surface area contributed by atoms with Gasteiger partial charge in [0.25, 0.3) is 0 Å². The summed E-state index contributed by atoms with van der Waals surface area (Å²) in [6.45, 7) is 4.23. The van der Waals surface area contributed by atoms with Gasteiger partial charge in [0.2, 0.25) is 21.8 Å². The fourth-order valence-corrected chi connectivity index (χ4v) is 5.63. The molecule has 226 valence electrons. The molecule has 3 aromatic rings. The highest BCUT2D eigenvalue weighted by Crippen LogP contribution is 2.23. The highest BCUT2D eigenvalue weighted by molar-refractivity contribution is 7.92. The van der Waals surface area contributed by atoms with Gasteiger partial charge in [-0.15, -0.1) is 0 Å². The van der Waals surface area contributed by atoms with Crippen LogP contribution in [-0.2, 0) is 32.6 Å². The maximum atomic E-state index is 13.9. The minimum absolute atomic E-state index is 0.0532. The Bertz CT molecular complexity index is 1400. The van der Waals surface area contributed by atoms with Crippen molar-refractivity contribution in [3.63, 3.8) is 0 Å². The third kappa shape index (κ3) is 9.77. The molecule has 0 saturated heterocycles. The minimum atomic E-state index is -3.60. The van der Waals surface area contributed by atoms with Gasteiger partial charge in [0.05, 0.1) is 19.1 Å². The lowest BCUT2D eigenvalue weighted by Gasteiger charge is -2.32. The van der Waals surface area contributed by atoms with E-state index in [1.54, 1.807) is 48.4 Å². The summed E-state index contributed by atoms with van der Waals surface area (Å²) in [5.41, 5.74) is 2.25. The molecule has 0 unspecified atom stereocenters. The van der Waals surface area contributed by atoms with Gasteiger partial charge in [-0.05, 0) is 67.3 Å². The van der Waals surface area contributed by atoms with Crippen molar-refractivity contribution in [3.05, 3.63) is 95.0 Å². The lowest BCUT2D eigenvalue weighted by atomic mass is 10.0. The summed E-state index contributed by atoms with van der Waals surface area (Å²) in [5, 5.41) is 3.63. The lowest BCUT2D eigenvalue weighted by molar-refractivity contribution is -0.141. The number of carbonyl (C=O) groups excluding carboxylic acids is 2. The maximum Gasteiger partial charge on any atom is 0.243 e. The average molecular weight is 614 g/mol. The smallest absolute Gasteiger partial charge is 0.243 e. The number of carbonyl (C=O) groups is 2. The van der Waals surface area contributed by atoms with E-state index in [0.717, 1.165) is 23.8 Å². The van der Waals surface area contributed by atoms with Crippen LogP contribution in [0, 0.1) is 0 Å². The number of amides is 2. The number of halogens is 1. The first kappa shape index (κ1) is 32.9. The first-order chi connectivity index (χ1) is 20.0. The van der Waals surface area contributed by atoms with Gasteiger partial charge in [-0.2, -0.15) is 0 Å². The van der Waals surface area contributed by atoms with Crippen LogP contribution in [0.1, 0.15) is 44.2 Å². The quantitative estimate of drug-likeness (QED) is 0.246. The van der Waals surface area contributed by atoms with Crippen molar-refractivity contribution in [2.24, 2.45) is 0 Å². The average Bonchev–Trinajstić information content (AvgIpc) is 2.97. The monoisotopic (exact) mass is 613 g/mol. The number of hydrogen-bond donors (Lipinski definition) is 1. The van der Waals surface area contributed by atoms with E-state index in [-0.39, 0.29) is 43.8 Å². The van der Waals surface area contributed by atoms with Gasteiger partial charge in [-0.1, -0.05) is 61.0 Å². The number of rotatable bonds is 15. The first-order valence-electron chi connectivity index (χ1n) is 14.0. The number of anilines is 1. The molecule has 1 N–H and O–H groups in total. The number of benzene rings is 3. The zero-order valence-corrected chi connectivity index (χ0v) is 26.2. The van der Waals surface area contributed by atoms with Crippen LogP contribution in [0.4, 0.5) is 5.69 Å². The number of nitrogens with one attached hydrogen (secondary N) is 1. The normalized spacial score (nSPS) is 12.7. The molecule has 0 aliphatic rings. The Morgan fingerprint density at radius 3 is 2.17 bits per heavy atom. The molecular formula is C32H40ClN3O5S. The van der Waals surface area contributed by atoms with E-state index < -0.39 is 16.1 Å². The summed E-state index contributed by atoms with van der Waals surface area (Å²) in [6.07, 6.45) is 2.55. The topological polar surface area (TPSA) is 96.0 Å². The summed E-state index contributed by atoms with van der Waals surface area (Å²) in [5.74, 6) is 0.139. The lowest BCUT2D eigenvalue weighted by Crippen LogP contribution is -2.52. The molecule has 0 spiro atoms. The second-order valence-corrected chi connectivity index (χ2v) is 12.7. The van der Waals surface area contributed by atoms with E-state index in [2.05, 4.69) is 5.32 Å². The summed E-state index contributed by atoms with van der Waals surface area (Å²) >= 11 is 6.10. The van der Waals surface area contributed by atoms with E-state index in [4.69, 9.17) is 16.3 Å². The number of sulfonamides is 1. The Morgan fingerprint density at radius 2 is 1.60 bits per heavy atom. The van der Waals surface area contributed by atoms with Crippen molar-refractivity contribution in [2.75, 3.05) is 24.2 Å². The van der Waals surface area contributed by atoms with Gasteiger partial charge < -0.3 is 15.0 Å². The number of hydrogen-bond acceptors (Lipinski definition) is 5. The van der Waals surface area contributed by atoms with Crippen molar-refractivity contribution in [3.8, 4) is 5.75 Å². The standard InChI is InChI=1S/C32H40ClN3O5S/c1-5-24(2)34-32(38)30(22-25-10-7-6-8-11-25)35(23-26-13-15-27(33)16-14-26)31(37)12-9-21-36(42(4,39)40)28-17-19-29(41-3)20-18-28/h6-8,10-11,13-20,24,30H,5,9,12,21-23H2,1-4H3,(H,34,38)/t24-,30-/m0/s1. The molecule has 8 nitrogen and oxygen atoms in total.